The molecular weight excluding hydrogens is 155 g/mol. The lowest BCUT2D eigenvalue weighted by atomic mass is 9.97. The first kappa shape index (κ1) is 8.17. The summed E-state index contributed by atoms with van der Waals surface area (Å²) in [5, 5.41) is 0. The van der Waals surface area contributed by atoms with Crippen molar-refractivity contribution in [3.05, 3.63) is 23.9 Å². The van der Waals surface area contributed by atoms with Crippen molar-refractivity contribution < 1.29 is 13.2 Å². The van der Waals surface area contributed by atoms with Gasteiger partial charge in [0.1, 0.15) is 0 Å². The summed E-state index contributed by atoms with van der Waals surface area (Å²) in [5.74, 6) is 0. The topological polar surface area (TPSA) is 26.0 Å². The minimum atomic E-state index is -2.98. The Kier molecular flexibility index (Phi) is 1.93. The predicted molar refractivity (Wildman–Crippen MR) is 35.9 cm³/mol. The van der Waals surface area contributed by atoms with E-state index in [0.717, 1.165) is 12.2 Å². The SMILES string of the molecule is NC1=CCC(F)(C(F)F)C=C1. The van der Waals surface area contributed by atoms with E-state index in [0.29, 0.717) is 5.70 Å². The van der Waals surface area contributed by atoms with E-state index in [4.69, 9.17) is 5.73 Å². The number of allylic oxidation sites excluding steroid dienone is 3. The van der Waals surface area contributed by atoms with Gasteiger partial charge in [-0.15, -0.1) is 0 Å². The molecule has 0 saturated carbocycles. The number of nitrogens with two attached hydrogens (primary N) is 1. The van der Waals surface area contributed by atoms with Gasteiger partial charge in [0.25, 0.3) is 6.43 Å². The van der Waals surface area contributed by atoms with Gasteiger partial charge in [-0.2, -0.15) is 0 Å². The van der Waals surface area contributed by atoms with Crippen molar-refractivity contribution in [2.45, 2.75) is 18.5 Å². The third-order valence-electron chi connectivity index (χ3n) is 1.57. The van der Waals surface area contributed by atoms with E-state index in [1.807, 2.05) is 0 Å². The van der Waals surface area contributed by atoms with Crippen molar-refractivity contribution >= 4 is 0 Å². The van der Waals surface area contributed by atoms with Crippen LogP contribution in [-0.4, -0.2) is 12.1 Å². The van der Waals surface area contributed by atoms with Crippen molar-refractivity contribution in [1.29, 1.82) is 0 Å². The summed E-state index contributed by atoms with van der Waals surface area (Å²) in [7, 11) is 0. The van der Waals surface area contributed by atoms with E-state index in [-0.39, 0.29) is 6.42 Å². The maximum atomic E-state index is 12.9. The van der Waals surface area contributed by atoms with E-state index in [1.54, 1.807) is 0 Å². The third-order valence-corrected chi connectivity index (χ3v) is 1.57. The Bertz CT molecular complexity index is 210. The molecule has 11 heavy (non-hydrogen) atoms. The Morgan fingerprint density at radius 3 is 2.55 bits per heavy atom. The monoisotopic (exact) mass is 163 g/mol. The van der Waals surface area contributed by atoms with Gasteiger partial charge in [-0.05, 0) is 12.2 Å². The molecule has 4 heteroatoms. The van der Waals surface area contributed by atoms with Crippen LogP contribution in [0.5, 0.6) is 0 Å². The zero-order chi connectivity index (χ0) is 8.48. The van der Waals surface area contributed by atoms with Gasteiger partial charge in [-0.25, -0.2) is 13.2 Å². The summed E-state index contributed by atoms with van der Waals surface area (Å²) in [5.41, 5.74) is 3.04. The first-order valence-electron chi connectivity index (χ1n) is 3.16. The summed E-state index contributed by atoms with van der Waals surface area (Å²) in [6.45, 7) is 0. The molecule has 2 N–H and O–H groups in total. The second kappa shape index (κ2) is 2.60. The zero-order valence-corrected chi connectivity index (χ0v) is 5.73. The Balaban J connectivity index is 2.74. The fourth-order valence-corrected chi connectivity index (χ4v) is 0.807. The van der Waals surface area contributed by atoms with Gasteiger partial charge in [0.05, 0.1) is 0 Å². The van der Waals surface area contributed by atoms with E-state index in [9.17, 15) is 13.2 Å². The maximum absolute atomic E-state index is 12.9. The van der Waals surface area contributed by atoms with Crippen molar-refractivity contribution in [1.82, 2.24) is 0 Å². The molecule has 0 spiro atoms. The number of alkyl halides is 3. The van der Waals surface area contributed by atoms with Crippen molar-refractivity contribution in [2.24, 2.45) is 5.73 Å². The van der Waals surface area contributed by atoms with Gasteiger partial charge in [0.15, 0.2) is 5.67 Å². The van der Waals surface area contributed by atoms with Crippen LogP contribution in [0.15, 0.2) is 23.9 Å². The van der Waals surface area contributed by atoms with Crippen LogP contribution in [-0.2, 0) is 0 Å². The molecule has 0 aromatic carbocycles. The van der Waals surface area contributed by atoms with Crippen LogP contribution in [0.4, 0.5) is 13.2 Å². The lowest BCUT2D eigenvalue weighted by Gasteiger charge is -2.21. The molecule has 1 unspecified atom stereocenters. The van der Waals surface area contributed by atoms with Crippen LogP contribution in [0, 0.1) is 0 Å². The highest BCUT2D eigenvalue weighted by Crippen LogP contribution is 2.30. The first-order chi connectivity index (χ1) is 5.04. The molecule has 62 valence electrons. The molecule has 0 radical (unpaired) electrons. The third kappa shape index (κ3) is 1.56. The molecule has 0 fully saturated rings. The maximum Gasteiger partial charge on any atom is 0.275 e. The molecule has 0 aromatic rings. The summed E-state index contributed by atoms with van der Waals surface area (Å²) in [6, 6.07) is 0. The van der Waals surface area contributed by atoms with Gasteiger partial charge in [0, 0.05) is 12.1 Å². The summed E-state index contributed by atoms with van der Waals surface area (Å²) < 4.78 is 36.8. The van der Waals surface area contributed by atoms with Crippen molar-refractivity contribution in [3.8, 4) is 0 Å². The summed E-state index contributed by atoms with van der Waals surface area (Å²) in [4.78, 5) is 0. The highest BCUT2D eigenvalue weighted by atomic mass is 19.3. The molecular formula is C7H8F3N. The average molecular weight is 163 g/mol. The quantitative estimate of drug-likeness (QED) is 0.626. The fraction of sp³-hybridized carbons (Fsp3) is 0.429. The number of rotatable bonds is 1. The lowest BCUT2D eigenvalue weighted by molar-refractivity contribution is -0.000539. The van der Waals surface area contributed by atoms with Gasteiger partial charge < -0.3 is 5.73 Å². The first-order valence-corrected chi connectivity index (χ1v) is 3.16. The molecule has 1 atom stereocenters. The van der Waals surface area contributed by atoms with Crippen LogP contribution < -0.4 is 5.73 Å². The average Bonchev–Trinajstić information content (AvgIpc) is 1.95. The van der Waals surface area contributed by atoms with Crippen LogP contribution in [0.1, 0.15) is 6.42 Å². The Morgan fingerprint density at radius 2 is 2.18 bits per heavy atom. The van der Waals surface area contributed by atoms with Gasteiger partial charge in [-0.3, -0.25) is 0 Å². The highest BCUT2D eigenvalue weighted by molar-refractivity contribution is 5.25. The zero-order valence-electron chi connectivity index (χ0n) is 5.73. The fourth-order valence-electron chi connectivity index (χ4n) is 0.807. The van der Waals surface area contributed by atoms with Gasteiger partial charge in [0.2, 0.25) is 0 Å². The molecule has 1 aliphatic rings. The van der Waals surface area contributed by atoms with E-state index < -0.39 is 12.1 Å². The highest BCUT2D eigenvalue weighted by Gasteiger charge is 2.37. The van der Waals surface area contributed by atoms with Crippen LogP contribution in [0.3, 0.4) is 0 Å². The molecule has 0 bridgehead atoms. The lowest BCUT2D eigenvalue weighted by Crippen LogP contribution is -2.31. The van der Waals surface area contributed by atoms with E-state index in [2.05, 4.69) is 0 Å². The molecule has 0 amide bonds. The normalized spacial score (nSPS) is 30.7. The van der Waals surface area contributed by atoms with Crippen LogP contribution in [0.25, 0.3) is 0 Å². The summed E-state index contributed by atoms with van der Waals surface area (Å²) in [6.07, 6.45) is -0.0925. The van der Waals surface area contributed by atoms with E-state index in [1.165, 1.54) is 6.08 Å². The molecule has 1 rings (SSSR count). The Morgan fingerprint density at radius 1 is 1.55 bits per heavy atom. The van der Waals surface area contributed by atoms with Crippen LogP contribution >= 0.6 is 0 Å². The molecule has 1 nitrogen and oxygen atoms in total. The Hall–Kier alpha value is -0.930. The standard InChI is InChI=1S/C7H8F3N/c8-6(9)7(10)3-1-5(11)2-4-7/h1-3,6H,4,11H2. The van der Waals surface area contributed by atoms with Gasteiger partial charge >= 0.3 is 0 Å². The molecule has 1 aliphatic carbocycles. The smallest absolute Gasteiger partial charge is 0.275 e. The van der Waals surface area contributed by atoms with Crippen molar-refractivity contribution in [2.75, 3.05) is 0 Å². The molecule has 0 aliphatic heterocycles. The Labute approximate surface area is 62.4 Å². The molecule has 0 aromatic heterocycles. The number of halogens is 3. The van der Waals surface area contributed by atoms with Gasteiger partial charge in [-0.1, -0.05) is 6.08 Å². The van der Waals surface area contributed by atoms with Crippen molar-refractivity contribution in [3.63, 3.8) is 0 Å². The summed E-state index contributed by atoms with van der Waals surface area (Å²) >= 11 is 0. The predicted octanol–water partition coefficient (Wildman–Crippen LogP) is 1.76. The minimum Gasteiger partial charge on any atom is -0.399 e. The van der Waals surface area contributed by atoms with E-state index >= 15 is 0 Å². The minimum absolute atomic E-state index is 0.332. The number of hydrogen-bond donors (Lipinski definition) is 1. The second-order valence-electron chi connectivity index (χ2n) is 2.47. The molecule has 0 heterocycles. The second-order valence-corrected chi connectivity index (χ2v) is 2.47. The number of hydrogen-bond acceptors (Lipinski definition) is 1. The van der Waals surface area contributed by atoms with Crippen LogP contribution in [0.2, 0.25) is 0 Å². The largest absolute Gasteiger partial charge is 0.399 e. The molecule has 0 saturated heterocycles.